The number of pyridine rings is 3. The van der Waals surface area contributed by atoms with Crippen LogP contribution < -0.4 is 0 Å². The highest BCUT2D eigenvalue weighted by Gasteiger charge is 2.07. The van der Waals surface area contributed by atoms with Crippen molar-refractivity contribution in [1.82, 2.24) is 15.0 Å². The lowest BCUT2D eigenvalue weighted by Crippen LogP contribution is -1.89. The fourth-order valence-corrected chi connectivity index (χ4v) is 4.78. The highest BCUT2D eigenvalue weighted by atomic mass is 14.7. The highest BCUT2D eigenvalue weighted by Crippen LogP contribution is 2.30. The Kier molecular flexibility index (Phi) is 4.78. The van der Waals surface area contributed by atoms with Gasteiger partial charge in [-0.25, -0.2) is 9.97 Å². The third-order valence-electron chi connectivity index (χ3n) is 6.72. The molecule has 7 rings (SSSR count). The van der Waals surface area contributed by atoms with Crippen LogP contribution in [0.1, 0.15) is 0 Å². The minimum absolute atomic E-state index is 0.924. The zero-order valence-electron chi connectivity index (χ0n) is 19.5. The molecule has 3 heteroatoms. The Labute approximate surface area is 208 Å². The van der Waals surface area contributed by atoms with Crippen LogP contribution in [0, 0.1) is 0 Å². The quantitative estimate of drug-likeness (QED) is 0.267. The van der Waals surface area contributed by atoms with Crippen LogP contribution in [0.2, 0.25) is 0 Å². The van der Waals surface area contributed by atoms with Gasteiger partial charge in [0.05, 0.1) is 22.4 Å². The van der Waals surface area contributed by atoms with Crippen LogP contribution in [-0.2, 0) is 0 Å². The molecular weight excluding hydrogens is 438 g/mol. The van der Waals surface area contributed by atoms with E-state index in [1.54, 1.807) is 6.20 Å². The van der Waals surface area contributed by atoms with Crippen LogP contribution in [0.25, 0.3) is 66.2 Å². The maximum absolute atomic E-state index is 5.03. The molecule has 0 aliphatic rings. The Morgan fingerprint density at radius 3 is 1.64 bits per heavy atom. The number of hydrogen-bond acceptors (Lipinski definition) is 3. The lowest BCUT2D eigenvalue weighted by molar-refractivity contribution is 1.30. The second-order valence-electron chi connectivity index (χ2n) is 9.01. The molecule has 0 aliphatic carbocycles. The van der Waals surface area contributed by atoms with Crippen LogP contribution in [-0.4, -0.2) is 15.0 Å². The zero-order chi connectivity index (χ0) is 23.9. The topological polar surface area (TPSA) is 38.7 Å². The van der Waals surface area contributed by atoms with Crippen LogP contribution >= 0.6 is 0 Å². The van der Waals surface area contributed by atoms with E-state index in [4.69, 9.17) is 9.97 Å². The van der Waals surface area contributed by atoms with Crippen molar-refractivity contribution in [2.24, 2.45) is 0 Å². The summed E-state index contributed by atoms with van der Waals surface area (Å²) in [6.45, 7) is 0. The molecule has 3 heterocycles. The van der Waals surface area contributed by atoms with Crippen molar-refractivity contribution >= 4 is 32.6 Å². The third kappa shape index (κ3) is 3.68. The van der Waals surface area contributed by atoms with Crippen molar-refractivity contribution in [2.45, 2.75) is 0 Å². The van der Waals surface area contributed by atoms with Crippen LogP contribution in [0.4, 0.5) is 0 Å². The summed E-state index contributed by atoms with van der Waals surface area (Å²) in [5.41, 5.74) is 8.24. The first-order valence-corrected chi connectivity index (χ1v) is 12.0. The van der Waals surface area contributed by atoms with Gasteiger partial charge in [0.1, 0.15) is 0 Å². The van der Waals surface area contributed by atoms with Gasteiger partial charge in [-0.05, 0) is 64.4 Å². The Morgan fingerprint density at radius 1 is 0.389 bits per heavy atom. The van der Waals surface area contributed by atoms with Crippen LogP contribution in [0.15, 0.2) is 128 Å². The minimum atomic E-state index is 0.924. The van der Waals surface area contributed by atoms with Gasteiger partial charge in [0.25, 0.3) is 0 Å². The summed E-state index contributed by atoms with van der Waals surface area (Å²) >= 11 is 0. The SMILES string of the molecule is c1cncc(-c2ccc3ccc(-c4ccc5ccc(-c6ccc7ccccc7c6)nc5c4)cc3n2)c1. The first kappa shape index (κ1) is 20.5. The zero-order valence-corrected chi connectivity index (χ0v) is 19.5. The Hall–Kier alpha value is -4.89. The van der Waals surface area contributed by atoms with Gasteiger partial charge in [0.15, 0.2) is 0 Å². The Balaban J connectivity index is 1.30. The maximum Gasteiger partial charge on any atom is 0.0725 e. The van der Waals surface area contributed by atoms with Crippen molar-refractivity contribution in [1.29, 1.82) is 0 Å². The fourth-order valence-electron chi connectivity index (χ4n) is 4.78. The maximum atomic E-state index is 5.03. The van der Waals surface area contributed by atoms with Gasteiger partial charge in [0.2, 0.25) is 0 Å². The predicted octanol–water partition coefficient (Wildman–Crippen LogP) is 8.33. The molecule has 3 aromatic heterocycles. The summed E-state index contributed by atoms with van der Waals surface area (Å²) < 4.78 is 0. The van der Waals surface area contributed by atoms with E-state index >= 15 is 0 Å². The lowest BCUT2D eigenvalue weighted by atomic mass is 10.0. The molecule has 0 N–H and O–H groups in total. The Morgan fingerprint density at radius 2 is 0.972 bits per heavy atom. The summed E-state index contributed by atoms with van der Waals surface area (Å²) in [4.78, 5) is 14.2. The normalized spacial score (nSPS) is 11.3. The molecule has 0 aliphatic heterocycles. The van der Waals surface area contributed by atoms with Crippen molar-refractivity contribution in [2.75, 3.05) is 0 Å². The smallest absolute Gasteiger partial charge is 0.0725 e. The molecule has 0 saturated heterocycles. The van der Waals surface area contributed by atoms with E-state index in [0.717, 1.165) is 55.4 Å². The van der Waals surface area contributed by atoms with Gasteiger partial charge in [-0.1, -0.05) is 72.8 Å². The summed E-state index contributed by atoms with van der Waals surface area (Å²) in [6.07, 6.45) is 3.63. The Bertz CT molecular complexity index is 1890. The van der Waals surface area contributed by atoms with Gasteiger partial charge in [-0.15, -0.1) is 0 Å². The molecule has 0 spiro atoms. The second-order valence-corrected chi connectivity index (χ2v) is 9.01. The fraction of sp³-hybridized carbons (Fsp3) is 0. The molecule has 0 amide bonds. The van der Waals surface area contributed by atoms with Crippen LogP contribution in [0.3, 0.4) is 0 Å². The largest absolute Gasteiger partial charge is 0.264 e. The number of aromatic nitrogens is 3. The molecule has 36 heavy (non-hydrogen) atoms. The van der Waals surface area contributed by atoms with E-state index < -0.39 is 0 Å². The molecule has 0 unspecified atom stereocenters. The average Bonchev–Trinajstić information content (AvgIpc) is 2.96. The van der Waals surface area contributed by atoms with Crippen molar-refractivity contribution < 1.29 is 0 Å². The monoisotopic (exact) mass is 459 g/mol. The number of fused-ring (bicyclic) bond motifs is 3. The highest BCUT2D eigenvalue weighted by molar-refractivity contribution is 5.91. The molecule has 4 aromatic carbocycles. The van der Waals surface area contributed by atoms with E-state index in [9.17, 15) is 0 Å². The number of hydrogen-bond donors (Lipinski definition) is 0. The first-order chi connectivity index (χ1) is 17.8. The first-order valence-electron chi connectivity index (χ1n) is 12.0. The van der Waals surface area contributed by atoms with E-state index in [-0.39, 0.29) is 0 Å². The van der Waals surface area contributed by atoms with Crippen molar-refractivity contribution in [3.8, 4) is 33.6 Å². The molecule has 7 aromatic rings. The van der Waals surface area contributed by atoms with Gasteiger partial charge in [-0.3, -0.25) is 4.98 Å². The summed E-state index contributed by atoms with van der Waals surface area (Å²) in [7, 11) is 0. The molecule has 0 bridgehead atoms. The molecule has 0 saturated carbocycles. The molecule has 0 radical (unpaired) electrons. The summed E-state index contributed by atoms with van der Waals surface area (Å²) in [5, 5.41) is 4.70. The van der Waals surface area contributed by atoms with E-state index in [1.807, 2.05) is 24.4 Å². The van der Waals surface area contributed by atoms with Crippen molar-refractivity contribution in [3.63, 3.8) is 0 Å². The molecule has 0 atom stereocenters. The average molecular weight is 460 g/mol. The third-order valence-corrected chi connectivity index (χ3v) is 6.72. The number of rotatable bonds is 3. The van der Waals surface area contributed by atoms with Crippen LogP contribution in [0.5, 0.6) is 0 Å². The van der Waals surface area contributed by atoms with Gasteiger partial charge in [0, 0.05) is 34.3 Å². The van der Waals surface area contributed by atoms with Gasteiger partial charge in [-0.2, -0.15) is 0 Å². The summed E-state index contributed by atoms with van der Waals surface area (Å²) in [6, 6.07) is 40.3. The van der Waals surface area contributed by atoms with E-state index in [2.05, 4.69) is 102 Å². The molecular formula is C33H21N3. The number of benzene rings is 4. The minimum Gasteiger partial charge on any atom is -0.264 e. The molecule has 3 nitrogen and oxygen atoms in total. The number of nitrogens with zero attached hydrogens (tertiary/aromatic N) is 3. The standard InChI is InChI=1S/C33H21N3/c1-2-5-25-18-28(12-7-22(25)4-1)30-15-13-23-8-10-26(19-32(23)35-30)27-11-9-24-14-16-31(36-33(24)20-27)29-6-3-17-34-21-29/h1-21H. The van der Waals surface area contributed by atoms with E-state index in [1.165, 1.54) is 10.8 Å². The van der Waals surface area contributed by atoms with Crippen molar-refractivity contribution in [3.05, 3.63) is 128 Å². The summed E-state index contributed by atoms with van der Waals surface area (Å²) in [5.74, 6) is 0. The van der Waals surface area contributed by atoms with Gasteiger partial charge < -0.3 is 0 Å². The molecule has 0 fully saturated rings. The van der Waals surface area contributed by atoms with E-state index in [0.29, 0.717) is 0 Å². The molecule has 168 valence electrons. The van der Waals surface area contributed by atoms with Gasteiger partial charge >= 0.3 is 0 Å². The predicted molar refractivity (Wildman–Crippen MR) is 149 cm³/mol. The second kappa shape index (κ2) is 8.40. The lowest BCUT2D eigenvalue weighted by Gasteiger charge is -2.09.